The molecule has 0 saturated carbocycles. The monoisotopic (exact) mass is 560 g/mol. The number of amides is 1. The van der Waals surface area contributed by atoms with Crippen LogP contribution in [0.15, 0.2) is 48.8 Å². The number of aryl methyl sites for hydroxylation is 1. The van der Waals surface area contributed by atoms with Crippen LogP contribution < -0.4 is 15.0 Å². The molecule has 5 rings (SSSR count). The molecular formula is C28H28F4N4O4. The first-order valence-corrected chi connectivity index (χ1v) is 12.9. The highest BCUT2D eigenvalue weighted by molar-refractivity contribution is 6.04. The summed E-state index contributed by atoms with van der Waals surface area (Å²) in [6.45, 7) is 4.40. The average molecular weight is 561 g/mol. The smallest absolute Gasteiger partial charge is 0.416 e. The van der Waals surface area contributed by atoms with E-state index in [9.17, 15) is 22.4 Å². The van der Waals surface area contributed by atoms with Crippen LogP contribution in [0.5, 0.6) is 5.88 Å². The molecule has 0 radical (unpaired) electrons. The minimum absolute atomic E-state index is 0.0283. The minimum atomic E-state index is -4.56. The van der Waals surface area contributed by atoms with E-state index in [0.29, 0.717) is 73.4 Å². The fourth-order valence-electron chi connectivity index (χ4n) is 4.60. The van der Waals surface area contributed by atoms with Crippen molar-refractivity contribution in [3.63, 3.8) is 0 Å². The number of ether oxygens (including phenoxy) is 3. The van der Waals surface area contributed by atoms with E-state index in [4.69, 9.17) is 14.2 Å². The van der Waals surface area contributed by atoms with Crippen LogP contribution >= 0.6 is 0 Å². The number of rotatable bonds is 6. The number of carbonyl (C=O) groups is 1. The predicted octanol–water partition coefficient (Wildman–Crippen LogP) is 5.07. The Morgan fingerprint density at radius 2 is 1.88 bits per heavy atom. The predicted molar refractivity (Wildman–Crippen MR) is 139 cm³/mol. The second kappa shape index (κ2) is 11.8. The Balaban J connectivity index is 1.43. The first-order chi connectivity index (χ1) is 19.2. The summed E-state index contributed by atoms with van der Waals surface area (Å²) in [7, 11) is 0. The fraction of sp³-hybridized carbons (Fsp3) is 0.393. The topological polar surface area (TPSA) is 85.8 Å². The summed E-state index contributed by atoms with van der Waals surface area (Å²) in [6.07, 6.45) is -3.07. The Hall–Kier alpha value is -3.77. The van der Waals surface area contributed by atoms with Gasteiger partial charge >= 0.3 is 6.18 Å². The molecule has 40 heavy (non-hydrogen) atoms. The van der Waals surface area contributed by atoms with Crippen LogP contribution in [-0.2, 0) is 15.7 Å². The highest BCUT2D eigenvalue weighted by Gasteiger charge is 2.31. The van der Waals surface area contributed by atoms with Crippen molar-refractivity contribution in [2.45, 2.75) is 31.8 Å². The number of nitrogens with zero attached hydrogens (tertiary/aromatic N) is 3. The Labute approximate surface area is 228 Å². The van der Waals surface area contributed by atoms with Crippen LogP contribution in [0.1, 0.15) is 28.0 Å². The first kappa shape index (κ1) is 27.8. The van der Waals surface area contributed by atoms with E-state index in [0.717, 1.165) is 12.1 Å². The summed E-state index contributed by atoms with van der Waals surface area (Å²) < 4.78 is 70.4. The second-order valence-corrected chi connectivity index (χ2v) is 9.57. The molecule has 2 aliphatic heterocycles. The van der Waals surface area contributed by atoms with Gasteiger partial charge in [0.1, 0.15) is 11.8 Å². The lowest BCUT2D eigenvalue weighted by Crippen LogP contribution is -2.39. The van der Waals surface area contributed by atoms with Crippen LogP contribution in [0.4, 0.5) is 28.9 Å². The molecule has 212 valence electrons. The van der Waals surface area contributed by atoms with Gasteiger partial charge in [0.2, 0.25) is 5.88 Å². The molecule has 2 atom stereocenters. The molecule has 1 aromatic carbocycles. The van der Waals surface area contributed by atoms with Gasteiger partial charge in [-0.1, -0.05) is 6.07 Å². The van der Waals surface area contributed by atoms with Gasteiger partial charge in [0.05, 0.1) is 43.9 Å². The molecule has 8 nitrogen and oxygen atoms in total. The number of nitrogens with one attached hydrogen (secondary N) is 1. The Morgan fingerprint density at radius 3 is 2.62 bits per heavy atom. The third kappa shape index (κ3) is 6.34. The van der Waals surface area contributed by atoms with E-state index in [1.807, 2.05) is 6.07 Å². The lowest BCUT2D eigenvalue weighted by atomic mass is 10.0. The van der Waals surface area contributed by atoms with Gasteiger partial charge in [-0.3, -0.25) is 9.78 Å². The summed E-state index contributed by atoms with van der Waals surface area (Å²) in [5.41, 5.74) is 1.92. The zero-order chi connectivity index (χ0) is 28.3. The number of halogens is 4. The molecule has 2 fully saturated rings. The third-order valence-corrected chi connectivity index (χ3v) is 6.78. The molecule has 4 heterocycles. The van der Waals surface area contributed by atoms with Crippen LogP contribution in [0.3, 0.4) is 0 Å². The van der Waals surface area contributed by atoms with Gasteiger partial charge in [-0.05, 0) is 37.3 Å². The van der Waals surface area contributed by atoms with Crippen LogP contribution in [0, 0.1) is 6.92 Å². The number of pyridine rings is 2. The molecule has 3 aromatic rings. The molecule has 0 unspecified atom stereocenters. The highest BCUT2D eigenvalue weighted by atomic mass is 19.4. The molecule has 2 saturated heterocycles. The van der Waals surface area contributed by atoms with Crippen molar-refractivity contribution < 1.29 is 36.6 Å². The number of alkyl halides is 4. The number of anilines is 2. The average Bonchev–Trinajstić information content (AvgIpc) is 2.95. The van der Waals surface area contributed by atoms with Crippen molar-refractivity contribution in [3.05, 3.63) is 65.6 Å². The Bertz CT molecular complexity index is 1360. The SMILES string of the molecule is Cc1ncc(NC(=O)c2cccc(C(F)(F)F)c2)cc1-c1cnc(O[C@@H]2CCOC[C@@H]2F)c(N2CCOCC2)c1. The van der Waals surface area contributed by atoms with Gasteiger partial charge in [-0.15, -0.1) is 0 Å². The van der Waals surface area contributed by atoms with Crippen molar-refractivity contribution in [1.29, 1.82) is 0 Å². The van der Waals surface area contributed by atoms with E-state index in [1.165, 1.54) is 18.3 Å². The first-order valence-electron chi connectivity index (χ1n) is 12.9. The van der Waals surface area contributed by atoms with Crippen LogP contribution in [-0.4, -0.2) is 67.7 Å². The largest absolute Gasteiger partial charge is 0.470 e. The third-order valence-electron chi connectivity index (χ3n) is 6.78. The number of aromatic nitrogens is 2. The summed E-state index contributed by atoms with van der Waals surface area (Å²) in [5.74, 6) is -0.393. The van der Waals surface area contributed by atoms with Gasteiger partial charge in [-0.2, -0.15) is 13.2 Å². The lowest BCUT2D eigenvalue weighted by Gasteiger charge is -2.32. The summed E-state index contributed by atoms with van der Waals surface area (Å²) in [5, 5.41) is 2.63. The van der Waals surface area contributed by atoms with E-state index in [1.54, 1.807) is 19.2 Å². The molecular weight excluding hydrogens is 532 g/mol. The van der Waals surface area contributed by atoms with Crippen molar-refractivity contribution in [2.24, 2.45) is 0 Å². The number of carbonyl (C=O) groups excluding carboxylic acids is 1. The molecule has 2 aliphatic rings. The van der Waals surface area contributed by atoms with Crippen molar-refractivity contribution in [2.75, 3.05) is 49.7 Å². The maximum Gasteiger partial charge on any atom is 0.416 e. The normalized spacial score (nSPS) is 19.8. The molecule has 0 aliphatic carbocycles. The molecule has 1 amide bonds. The van der Waals surface area contributed by atoms with Crippen molar-refractivity contribution in [1.82, 2.24) is 9.97 Å². The zero-order valence-corrected chi connectivity index (χ0v) is 21.7. The quantitative estimate of drug-likeness (QED) is 0.422. The van der Waals surface area contributed by atoms with Gasteiger partial charge in [0.15, 0.2) is 6.17 Å². The summed E-state index contributed by atoms with van der Waals surface area (Å²) in [4.78, 5) is 23.7. The van der Waals surface area contributed by atoms with Crippen LogP contribution in [0.25, 0.3) is 11.1 Å². The van der Waals surface area contributed by atoms with E-state index in [-0.39, 0.29) is 12.2 Å². The summed E-state index contributed by atoms with van der Waals surface area (Å²) in [6, 6.07) is 7.77. The molecule has 0 bridgehead atoms. The number of hydrogen-bond acceptors (Lipinski definition) is 7. The van der Waals surface area contributed by atoms with Gasteiger partial charge in [-0.25, -0.2) is 9.37 Å². The maximum atomic E-state index is 14.4. The molecule has 1 N–H and O–H groups in total. The lowest BCUT2D eigenvalue weighted by molar-refractivity contribution is -0.137. The second-order valence-electron chi connectivity index (χ2n) is 9.57. The van der Waals surface area contributed by atoms with Gasteiger partial charge in [0.25, 0.3) is 5.91 Å². The standard InChI is InChI=1S/C28H28F4N4O4/c1-17-22(13-21(15-33-17)35-26(37)18-3-2-4-20(11-18)28(30,31)32)19-12-24(36-6-9-38-10-7-36)27(34-14-19)40-25-5-8-39-16-23(25)29/h2-4,11-15,23,25H,5-10,16H2,1H3,(H,35,37)/t23-,25+/m0/s1. The van der Waals surface area contributed by atoms with Gasteiger partial charge < -0.3 is 24.4 Å². The van der Waals surface area contributed by atoms with Crippen molar-refractivity contribution >= 4 is 17.3 Å². The van der Waals surface area contributed by atoms with E-state index in [2.05, 4.69) is 20.2 Å². The number of hydrogen-bond donors (Lipinski definition) is 1. The highest BCUT2D eigenvalue weighted by Crippen LogP contribution is 2.35. The Morgan fingerprint density at radius 1 is 1.07 bits per heavy atom. The molecule has 12 heteroatoms. The van der Waals surface area contributed by atoms with E-state index < -0.39 is 29.9 Å². The number of morpholine rings is 1. The minimum Gasteiger partial charge on any atom is -0.470 e. The zero-order valence-electron chi connectivity index (χ0n) is 21.7. The van der Waals surface area contributed by atoms with Crippen molar-refractivity contribution in [3.8, 4) is 17.0 Å². The Kier molecular flexibility index (Phi) is 8.17. The van der Waals surface area contributed by atoms with Gasteiger partial charge in [0, 0.05) is 48.1 Å². The van der Waals surface area contributed by atoms with E-state index >= 15 is 0 Å². The fourth-order valence-corrected chi connectivity index (χ4v) is 4.60. The molecule has 2 aromatic heterocycles. The van der Waals surface area contributed by atoms with Crippen LogP contribution in [0.2, 0.25) is 0 Å². The maximum absolute atomic E-state index is 14.4. The number of benzene rings is 1. The molecule has 0 spiro atoms. The summed E-state index contributed by atoms with van der Waals surface area (Å²) >= 11 is 0.